The number of fused-ring (bicyclic) bond motifs is 1. The van der Waals surface area contributed by atoms with Crippen LogP contribution in [-0.2, 0) is 24.1 Å². The number of benzene rings is 1. The molecule has 2 nitrogen and oxygen atoms in total. The molecule has 1 aliphatic carbocycles. The maximum Gasteiger partial charge on any atom is 0.207 e. The molecule has 0 atom stereocenters. The minimum Gasteiger partial charge on any atom is -0.358 e. The summed E-state index contributed by atoms with van der Waals surface area (Å²) in [6.07, 6.45) is 8.16. The molecule has 0 heterocycles. The van der Waals surface area contributed by atoms with Crippen LogP contribution in [0.4, 0.5) is 0 Å². The summed E-state index contributed by atoms with van der Waals surface area (Å²) in [6, 6.07) is 6.62. The fourth-order valence-electron chi connectivity index (χ4n) is 2.54. The summed E-state index contributed by atoms with van der Waals surface area (Å²) >= 11 is 0. The molecular weight excluding hydrogens is 198 g/mol. The Morgan fingerprint density at radius 3 is 2.94 bits per heavy atom. The van der Waals surface area contributed by atoms with Crippen molar-refractivity contribution in [2.45, 2.75) is 38.5 Å². The number of amides is 1. The molecule has 0 saturated carbocycles. The van der Waals surface area contributed by atoms with E-state index in [1.165, 1.54) is 43.2 Å². The van der Waals surface area contributed by atoms with E-state index in [-0.39, 0.29) is 0 Å². The molecule has 0 aromatic heterocycles. The van der Waals surface area contributed by atoms with E-state index >= 15 is 0 Å². The van der Waals surface area contributed by atoms with Crippen molar-refractivity contribution >= 4 is 6.41 Å². The Bertz CT molecular complexity index is 360. The summed E-state index contributed by atoms with van der Waals surface area (Å²) in [4.78, 5) is 10.2. The van der Waals surface area contributed by atoms with E-state index in [4.69, 9.17) is 0 Å². The molecule has 0 radical (unpaired) electrons. The third kappa shape index (κ3) is 2.63. The first-order chi connectivity index (χ1) is 7.92. The van der Waals surface area contributed by atoms with Crippen LogP contribution in [0.2, 0.25) is 0 Å². The molecule has 0 saturated heterocycles. The van der Waals surface area contributed by atoms with Crippen LogP contribution in [-0.4, -0.2) is 13.0 Å². The van der Waals surface area contributed by atoms with E-state index < -0.39 is 0 Å². The number of hydrogen-bond donors (Lipinski definition) is 1. The molecule has 1 amide bonds. The zero-order valence-corrected chi connectivity index (χ0v) is 9.67. The molecule has 16 heavy (non-hydrogen) atoms. The molecule has 1 aromatic rings. The number of nitrogens with one attached hydrogen (secondary N) is 1. The minimum absolute atomic E-state index is 0.750. The third-order valence-corrected chi connectivity index (χ3v) is 3.36. The van der Waals surface area contributed by atoms with Crippen LogP contribution in [0.15, 0.2) is 18.2 Å². The largest absolute Gasteiger partial charge is 0.358 e. The highest BCUT2D eigenvalue weighted by Crippen LogP contribution is 2.23. The Morgan fingerprint density at radius 2 is 2.06 bits per heavy atom. The molecule has 1 aromatic carbocycles. The van der Waals surface area contributed by atoms with Crippen molar-refractivity contribution < 1.29 is 4.79 Å². The Kier molecular flexibility index (Phi) is 3.97. The molecule has 2 rings (SSSR count). The summed E-state index contributed by atoms with van der Waals surface area (Å²) in [5, 5.41) is 2.74. The van der Waals surface area contributed by atoms with Gasteiger partial charge in [0.05, 0.1) is 0 Å². The van der Waals surface area contributed by atoms with Crippen molar-refractivity contribution in [3.8, 4) is 0 Å². The Hall–Kier alpha value is -1.31. The predicted molar refractivity (Wildman–Crippen MR) is 65.5 cm³/mol. The van der Waals surface area contributed by atoms with Crippen LogP contribution in [0.3, 0.4) is 0 Å². The molecule has 0 spiro atoms. The van der Waals surface area contributed by atoms with Gasteiger partial charge in [-0.15, -0.1) is 0 Å². The highest BCUT2D eigenvalue weighted by molar-refractivity contribution is 5.46. The number of carbonyl (C=O) groups excluding carboxylic acids is 1. The van der Waals surface area contributed by atoms with E-state index in [0.717, 1.165) is 19.4 Å². The van der Waals surface area contributed by atoms with Gasteiger partial charge in [0, 0.05) is 6.54 Å². The van der Waals surface area contributed by atoms with Crippen LogP contribution in [0.5, 0.6) is 0 Å². The quantitative estimate of drug-likeness (QED) is 0.468. The summed E-state index contributed by atoms with van der Waals surface area (Å²) in [5.74, 6) is 0. The molecule has 1 aliphatic rings. The molecule has 2 heteroatoms. The summed E-state index contributed by atoms with van der Waals surface area (Å²) in [6.45, 7) is 0.750. The van der Waals surface area contributed by atoms with E-state index in [2.05, 4.69) is 23.5 Å². The fourth-order valence-corrected chi connectivity index (χ4v) is 2.54. The van der Waals surface area contributed by atoms with Crippen molar-refractivity contribution in [3.63, 3.8) is 0 Å². The molecule has 86 valence electrons. The van der Waals surface area contributed by atoms with E-state index in [0.29, 0.717) is 0 Å². The van der Waals surface area contributed by atoms with Gasteiger partial charge in [-0.1, -0.05) is 24.6 Å². The molecule has 0 unspecified atom stereocenters. The lowest BCUT2D eigenvalue weighted by atomic mass is 9.95. The van der Waals surface area contributed by atoms with E-state index in [9.17, 15) is 4.79 Å². The molecule has 0 aliphatic heterocycles. The lowest BCUT2D eigenvalue weighted by Gasteiger charge is -2.12. The second-order valence-corrected chi connectivity index (χ2v) is 4.44. The molecule has 1 N–H and O–H groups in total. The van der Waals surface area contributed by atoms with Crippen LogP contribution in [0.25, 0.3) is 0 Å². The zero-order valence-electron chi connectivity index (χ0n) is 9.67. The second-order valence-electron chi connectivity index (χ2n) is 4.44. The standard InChI is InChI=1S/C14H19NO/c16-11-15-10-9-13-7-4-6-12-5-2-1-3-8-14(12)13/h4,6-7,11H,1-3,5,8-10H2,(H,15,16). The van der Waals surface area contributed by atoms with Crippen molar-refractivity contribution in [1.82, 2.24) is 5.32 Å². The maximum absolute atomic E-state index is 10.2. The van der Waals surface area contributed by atoms with Crippen LogP contribution >= 0.6 is 0 Å². The Labute approximate surface area is 97.1 Å². The van der Waals surface area contributed by atoms with Crippen molar-refractivity contribution in [2.75, 3.05) is 6.54 Å². The van der Waals surface area contributed by atoms with E-state index in [1.54, 1.807) is 5.56 Å². The van der Waals surface area contributed by atoms with Crippen molar-refractivity contribution in [1.29, 1.82) is 0 Å². The van der Waals surface area contributed by atoms with Gasteiger partial charge in [-0.25, -0.2) is 0 Å². The van der Waals surface area contributed by atoms with Crippen LogP contribution in [0.1, 0.15) is 36.0 Å². The lowest BCUT2D eigenvalue weighted by Crippen LogP contribution is -2.15. The van der Waals surface area contributed by atoms with Gasteiger partial charge < -0.3 is 5.32 Å². The Morgan fingerprint density at radius 1 is 1.19 bits per heavy atom. The van der Waals surface area contributed by atoms with Crippen molar-refractivity contribution in [3.05, 3.63) is 34.9 Å². The lowest BCUT2D eigenvalue weighted by molar-refractivity contribution is -0.109. The highest BCUT2D eigenvalue weighted by atomic mass is 16.1. The molecule has 0 bridgehead atoms. The zero-order chi connectivity index (χ0) is 11.2. The average Bonchev–Trinajstić information content (AvgIpc) is 2.55. The van der Waals surface area contributed by atoms with Gasteiger partial charge in [-0.05, 0) is 48.8 Å². The first kappa shape index (κ1) is 11.2. The van der Waals surface area contributed by atoms with Gasteiger partial charge in [0.2, 0.25) is 6.41 Å². The topological polar surface area (TPSA) is 29.1 Å². The first-order valence-electron chi connectivity index (χ1n) is 6.18. The highest BCUT2D eigenvalue weighted by Gasteiger charge is 2.10. The summed E-state index contributed by atoms with van der Waals surface area (Å²) in [5.41, 5.74) is 4.50. The monoisotopic (exact) mass is 217 g/mol. The Balaban J connectivity index is 2.14. The average molecular weight is 217 g/mol. The number of aryl methyl sites for hydroxylation is 1. The molecule has 0 fully saturated rings. The number of rotatable bonds is 4. The van der Waals surface area contributed by atoms with Gasteiger partial charge in [-0.2, -0.15) is 0 Å². The number of hydrogen-bond acceptors (Lipinski definition) is 1. The molecular formula is C14H19NO. The van der Waals surface area contributed by atoms with E-state index in [1.807, 2.05) is 0 Å². The fraction of sp³-hybridized carbons (Fsp3) is 0.500. The SMILES string of the molecule is O=CNCCc1cccc2c1CCCCC2. The summed E-state index contributed by atoms with van der Waals surface area (Å²) < 4.78 is 0. The first-order valence-corrected chi connectivity index (χ1v) is 6.18. The smallest absolute Gasteiger partial charge is 0.207 e. The normalized spacial score (nSPS) is 15.0. The maximum atomic E-state index is 10.2. The van der Waals surface area contributed by atoms with Gasteiger partial charge in [0.15, 0.2) is 0 Å². The van der Waals surface area contributed by atoms with Gasteiger partial charge in [0.25, 0.3) is 0 Å². The second kappa shape index (κ2) is 5.69. The predicted octanol–water partition coefficient (Wildman–Crippen LogP) is 2.24. The van der Waals surface area contributed by atoms with Crippen LogP contribution in [0, 0.1) is 0 Å². The van der Waals surface area contributed by atoms with Gasteiger partial charge >= 0.3 is 0 Å². The summed E-state index contributed by atoms with van der Waals surface area (Å²) in [7, 11) is 0. The van der Waals surface area contributed by atoms with Crippen molar-refractivity contribution in [2.24, 2.45) is 0 Å². The minimum atomic E-state index is 0.750. The third-order valence-electron chi connectivity index (χ3n) is 3.36. The van der Waals surface area contributed by atoms with Crippen LogP contribution < -0.4 is 5.32 Å². The van der Waals surface area contributed by atoms with Gasteiger partial charge in [-0.3, -0.25) is 4.79 Å². The van der Waals surface area contributed by atoms with Gasteiger partial charge in [0.1, 0.15) is 0 Å². The number of carbonyl (C=O) groups is 1.